The van der Waals surface area contributed by atoms with Crippen LogP contribution in [0.3, 0.4) is 0 Å². The van der Waals surface area contributed by atoms with Gasteiger partial charge in [0.2, 0.25) is 0 Å². The van der Waals surface area contributed by atoms with Gasteiger partial charge in [-0.15, -0.1) is 24.0 Å². The van der Waals surface area contributed by atoms with E-state index in [1.165, 1.54) is 0 Å². The highest BCUT2D eigenvalue weighted by Crippen LogP contribution is 2.33. The summed E-state index contributed by atoms with van der Waals surface area (Å²) in [5.41, 5.74) is 2.15. The van der Waals surface area contributed by atoms with Crippen molar-refractivity contribution in [3.63, 3.8) is 0 Å². The van der Waals surface area contributed by atoms with E-state index >= 15 is 0 Å². The molecule has 0 aliphatic carbocycles. The number of fused-ring (bicyclic) bond motifs is 1. The molecule has 8 heteroatoms. The first-order valence-corrected chi connectivity index (χ1v) is 9.64. The monoisotopic (exact) mass is 516 g/mol. The summed E-state index contributed by atoms with van der Waals surface area (Å²) >= 11 is 5.82. The Morgan fingerprint density at radius 3 is 2.82 bits per heavy atom. The molecule has 0 amide bonds. The van der Waals surface area contributed by atoms with Gasteiger partial charge >= 0.3 is 0 Å². The van der Waals surface area contributed by atoms with E-state index in [9.17, 15) is 0 Å². The zero-order valence-electron chi connectivity index (χ0n) is 15.9. The Morgan fingerprint density at radius 2 is 2.04 bits per heavy atom. The number of nitrogens with one attached hydrogen (secondary N) is 2. The van der Waals surface area contributed by atoms with Crippen LogP contribution < -0.4 is 20.1 Å². The topological polar surface area (TPSA) is 67.8 Å². The maximum atomic E-state index is 5.87. The standard InChI is InChI=1S/C20H25ClN4O2.HI/c1-2-22-20(23-10-9-15-7-8-18(21)24-13-15)25-14-16-5-3-6-17-19(16)27-12-4-11-26-17;/h3,5-8,13H,2,4,9-12,14H2,1H3,(H2,22,23,25);1H. The fourth-order valence-electron chi connectivity index (χ4n) is 2.76. The van der Waals surface area contributed by atoms with Crippen LogP contribution in [0.15, 0.2) is 41.5 Å². The third-order valence-corrected chi connectivity index (χ3v) is 4.32. The lowest BCUT2D eigenvalue weighted by Crippen LogP contribution is -2.38. The minimum Gasteiger partial charge on any atom is -0.490 e. The number of hydrogen-bond donors (Lipinski definition) is 2. The molecule has 0 atom stereocenters. The molecule has 0 saturated heterocycles. The lowest BCUT2D eigenvalue weighted by Gasteiger charge is -2.13. The number of halogens is 2. The second-order valence-corrected chi connectivity index (χ2v) is 6.54. The number of aromatic nitrogens is 1. The molecule has 1 aromatic heterocycles. The number of guanidine groups is 1. The zero-order valence-corrected chi connectivity index (χ0v) is 19.0. The Morgan fingerprint density at radius 1 is 1.18 bits per heavy atom. The van der Waals surface area contributed by atoms with Crippen molar-refractivity contribution < 1.29 is 9.47 Å². The van der Waals surface area contributed by atoms with Gasteiger partial charge in [0.25, 0.3) is 0 Å². The summed E-state index contributed by atoms with van der Waals surface area (Å²) in [5.74, 6) is 2.38. The third kappa shape index (κ3) is 6.70. The minimum absolute atomic E-state index is 0. The highest BCUT2D eigenvalue weighted by Gasteiger charge is 2.14. The van der Waals surface area contributed by atoms with Crippen molar-refractivity contribution in [3.8, 4) is 11.5 Å². The van der Waals surface area contributed by atoms with E-state index in [0.717, 1.165) is 54.5 Å². The van der Waals surface area contributed by atoms with Crippen LogP contribution in [0.25, 0.3) is 0 Å². The van der Waals surface area contributed by atoms with Crippen molar-refractivity contribution in [2.24, 2.45) is 4.99 Å². The van der Waals surface area contributed by atoms with Gasteiger partial charge in [-0.05, 0) is 31.0 Å². The second-order valence-electron chi connectivity index (χ2n) is 6.16. The maximum Gasteiger partial charge on any atom is 0.191 e. The molecule has 0 saturated carbocycles. The number of aliphatic imine (C=N–C) groups is 1. The predicted molar refractivity (Wildman–Crippen MR) is 123 cm³/mol. The molecule has 2 aromatic rings. The molecule has 3 rings (SSSR count). The van der Waals surface area contributed by atoms with E-state index in [0.29, 0.717) is 24.9 Å². The number of rotatable bonds is 6. The number of ether oxygens (including phenoxy) is 2. The fraction of sp³-hybridized carbons (Fsp3) is 0.400. The summed E-state index contributed by atoms with van der Waals surface area (Å²) < 4.78 is 11.6. The van der Waals surface area contributed by atoms with Crippen molar-refractivity contribution in [3.05, 3.63) is 52.8 Å². The van der Waals surface area contributed by atoms with Crippen LogP contribution in [-0.4, -0.2) is 37.2 Å². The van der Waals surface area contributed by atoms with Crippen LogP contribution in [0.2, 0.25) is 5.15 Å². The van der Waals surface area contributed by atoms with Crippen molar-refractivity contribution in [1.82, 2.24) is 15.6 Å². The number of benzene rings is 1. The molecule has 0 bridgehead atoms. The molecule has 6 nitrogen and oxygen atoms in total. The van der Waals surface area contributed by atoms with E-state index in [1.54, 1.807) is 12.3 Å². The number of hydrogen-bond acceptors (Lipinski definition) is 4. The Labute approximate surface area is 188 Å². The Hall–Kier alpha value is -1.74. The quantitative estimate of drug-likeness (QED) is 0.265. The van der Waals surface area contributed by atoms with E-state index < -0.39 is 0 Å². The molecule has 0 unspecified atom stereocenters. The minimum atomic E-state index is 0. The van der Waals surface area contributed by atoms with Gasteiger partial charge in [-0.2, -0.15) is 0 Å². The van der Waals surface area contributed by atoms with Crippen LogP contribution in [0.1, 0.15) is 24.5 Å². The number of pyridine rings is 1. The molecule has 1 aliphatic rings. The Balaban J connectivity index is 0.00000280. The first-order chi connectivity index (χ1) is 13.3. The first-order valence-electron chi connectivity index (χ1n) is 9.26. The number of nitrogens with zero attached hydrogens (tertiary/aromatic N) is 2. The fourth-order valence-corrected chi connectivity index (χ4v) is 2.88. The second kappa shape index (κ2) is 12.0. The van der Waals surface area contributed by atoms with E-state index in [4.69, 9.17) is 21.1 Å². The van der Waals surface area contributed by atoms with Gasteiger partial charge in [0, 0.05) is 31.3 Å². The Kier molecular flexibility index (Phi) is 9.63. The highest BCUT2D eigenvalue weighted by atomic mass is 127. The molecule has 0 radical (unpaired) electrons. The third-order valence-electron chi connectivity index (χ3n) is 4.10. The van der Waals surface area contributed by atoms with Gasteiger partial charge < -0.3 is 20.1 Å². The summed E-state index contributed by atoms with van der Waals surface area (Å²) in [6, 6.07) is 9.74. The van der Waals surface area contributed by atoms with Gasteiger partial charge in [-0.3, -0.25) is 0 Å². The number of para-hydroxylation sites is 1. The molecular weight excluding hydrogens is 491 g/mol. The van der Waals surface area contributed by atoms with Crippen LogP contribution in [0.4, 0.5) is 0 Å². The molecule has 0 spiro atoms. The highest BCUT2D eigenvalue weighted by molar-refractivity contribution is 14.0. The predicted octanol–water partition coefficient (Wildman–Crippen LogP) is 3.81. The van der Waals surface area contributed by atoms with Crippen molar-refractivity contribution in [1.29, 1.82) is 0 Å². The van der Waals surface area contributed by atoms with Crippen LogP contribution in [0, 0.1) is 0 Å². The normalized spacial score (nSPS) is 13.3. The molecule has 1 aromatic carbocycles. The summed E-state index contributed by atoms with van der Waals surface area (Å²) in [6.07, 6.45) is 3.53. The van der Waals surface area contributed by atoms with Crippen molar-refractivity contribution >= 4 is 41.5 Å². The molecule has 0 fully saturated rings. The summed E-state index contributed by atoms with van der Waals surface area (Å²) in [7, 11) is 0. The summed E-state index contributed by atoms with van der Waals surface area (Å²) in [4.78, 5) is 8.79. The molecule has 152 valence electrons. The van der Waals surface area contributed by atoms with Gasteiger partial charge in [0.15, 0.2) is 17.5 Å². The largest absolute Gasteiger partial charge is 0.490 e. The molecule has 2 N–H and O–H groups in total. The van der Waals surface area contributed by atoms with Crippen LogP contribution in [0.5, 0.6) is 11.5 Å². The average molecular weight is 517 g/mol. The van der Waals surface area contributed by atoms with E-state index in [-0.39, 0.29) is 24.0 Å². The van der Waals surface area contributed by atoms with E-state index in [2.05, 4.69) is 20.6 Å². The Bertz CT molecular complexity index is 771. The summed E-state index contributed by atoms with van der Waals surface area (Å²) in [6.45, 7) is 5.46. The lowest BCUT2D eigenvalue weighted by molar-refractivity contribution is 0.296. The van der Waals surface area contributed by atoms with Crippen molar-refractivity contribution in [2.45, 2.75) is 26.3 Å². The SMILES string of the molecule is CCNC(=NCc1cccc2c1OCCCO2)NCCc1ccc(Cl)nc1.I. The van der Waals surface area contributed by atoms with Gasteiger partial charge in [-0.1, -0.05) is 29.8 Å². The molecular formula is C20H26ClIN4O2. The zero-order chi connectivity index (χ0) is 18.9. The van der Waals surface area contributed by atoms with Gasteiger partial charge in [-0.25, -0.2) is 9.98 Å². The molecule has 28 heavy (non-hydrogen) atoms. The summed E-state index contributed by atoms with van der Waals surface area (Å²) in [5, 5.41) is 7.13. The maximum absolute atomic E-state index is 5.87. The molecule has 2 heterocycles. The van der Waals surface area contributed by atoms with Gasteiger partial charge in [0.1, 0.15) is 5.15 Å². The molecule has 1 aliphatic heterocycles. The van der Waals surface area contributed by atoms with Crippen LogP contribution in [-0.2, 0) is 13.0 Å². The average Bonchev–Trinajstić information content (AvgIpc) is 2.93. The van der Waals surface area contributed by atoms with Crippen LogP contribution >= 0.6 is 35.6 Å². The lowest BCUT2D eigenvalue weighted by atomic mass is 10.2. The van der Waals surface area contributed by atoms with E-state index in [1.807, 2.05) is 31.2 Å². The van der Waals surface area contributed by atoms with Crippen molar-refractivity contribution in [2.75, 3.05) is 26.3 Å². The smallest absolute Gasteiger partial charge is 0.191 e. The first kappa shape index (κ1) is 22.5. The van der Waals surface area contributed by atoms with Gasteiger partial charge in [0.05, 0.1) is 19.8 Å².